The first-order valence-electron chi connectivity index (χ1n) is 9.90. The molecule has 2 aromatic carbocycles. The van der Waals surface area contributed by atoms with E-state index < -0.39 is 0 Å². The van der Waals surface area contributed by atoms with Crippen LogP contribution in [-0.4, -0.2) is 40.7 Å². The molecule has 1 aliphatic rings. The first-order chi connectivity index (χ1) is 14.3. The molecule has 0 unspecified atom stereocenters. The largest absolute Gasteiger partial charge is 0.367 e. The lowest BCUT2D eigenvalue weighted by Gasteiger charge is -2.29. The van der Waals surface area contributed by atoms with E-state index in [4.69, 9.17) is 4.98 Å². The molecular weight excluding hydrogens is 365 g/mol. The van der Waals surface area contributed by atoms with Crippen molar-refractivity contribution in [2.24, 2.45) is 0 Å². The Hall–Kier alpha value is -3.25. The minimum absolute atomic E-state index is 0.251. The number of hydrogen-bond acceptors (Lipinski definition) is 4. The van der Waals surface area contributed by atoms with Gasteiger partial charge in [0.2, 0.25) is 0 Å². The lowest BCUT2D eigenvalue weighted by Crippen LogP contribution is -2.43. The molecule has 146 valence electrons. The van der Waals surface area contributed by atoms with E-state index in [0.29, 0.717) is 6.54 Å². The van der Waals surface area contributed by atoms with Crippen molar-refractivity contribution in [1.82, 2.24) is 19.9 Å². The number of pyridine rings is 1. The molecule has 29 heavy (non-hydrogen) atoms. The molecule has 2 aromatic heterocycles. The summed E-state index contributed by atoms with van der Waals surface area (Å²) >= 11 is 0. The third-order valence-electron chi connectivity index (χ3n) is 5.36. The van der Waals surface area contributed by atoms with Crippen LogP contribution in [0.4, 0.5) is 10.1 Å². The van der Waals surface area contributed by atoms with Crippen LogP contribution in [0, 0.1) is 5.82 Å². The number of benzene rings is 2. The highest BCUT2D eigenvalue weighted by molar-refractivity contribution is 5.89. The van der Waals surface area contributed by atoms with Crippen LogP contribution < -0.4 is 10.2 Å². The molecule has 4 aromatic rings. The van der Waals surface area contributed by atoms with Crippen molar-refractivity contribution >= 4 is 16.9 Å². The van der Waals surface area contributed by atoms with E-state index in [1.54, 1.807) is 12.1 Å². The second-order valence-electron chi connectivity index (χ2n) is 7.25. The van der Waals surface area contributed by atoms with Gasteiger partial charge in [-0.3, -0.25) is 0 Å². The number of imidazole rings is 1. The van der Waals surface area contributed by atoms with Crippen LogP contribution in [-0.2, 0) is 6.54 Å². The van der Waals surface area contributed by atoms with Crippen LogP contribution >= 0.6 is 0 Å². The van der Waals surface area contributed by atoms with Gasteiger partial charge < -0.3 is 14.8 Å². The van der Waals surface area contributed by atoms with Gasteiger partial charge in [-0.15, -0.1) is 0 Å². The number of halogens is 1. The minimum Gasteiger partial charge on any atom is -0.367 e. The molecule has 1 N–H and O–H groups in total. The first-order valence-corrected chi connectivity index (χ1v) is 9.90. The number of aromatic nitrogens is 3. The first kappa shape index (κ1) is 17.8. The molecule has 1 saturated heterocycles. The summed E-state index contributed by atoms with van der Waals surface area (Å²) in [6, 6.07) is 18.8. The van der Waals surface area contributed by atoms with Crippen LogP contribution in [0.2, 0.25) is 0 Å². The SMILES string of the molecule is Fc1ccc(-c2nc3c(N4CCNCC4)ccnc3n2Cc2ccccc2)cc1. The van der Waals surface area contributed by atoms with Gasteiger partial charge in [-0.25, -0.2) is 14.4 Å². The number of nitrogens with one attached hydrogen (secondary N) is 1. The summed E-state index contributed by atoms with van der Waals surface area (Å²) in [5.74, 6) is 0.554. The van der Waals surface area contributed by atoms with Gasteiger partial charge >= 0.3 is 0 Å². The Morgan fingerprint density at radius 2 is 1.69 bits per heavy atom. The zero-order valence-electron chi connectivity index (χ0n) is 16.1. The fourth-order valence-electron chi connectivity index (χ4n) is 3.90. The van der Waals surface area contributed by atoms with Crippen LogP contribution in [0.25, 0.3) is 22.6 Å². The third-order valence-corrected chi connectivity index (χ3v) is 5.36. The summed E-state index contributed by atoms with van der Waals surface area (Å²) in [6.07, 6.45) is 1.86. The number of anilines is 1. The summed E-state index contributed by atoms with van der Waals surface area (Å²) < 4.78 is 15.6. The molecule has 1 aliphatic heterocycles. The van der Waals surface area contributed by atoms with E-state index in [-0.39, 0.29) is 5.82 Å². The second-order valence-corrected chi connectivity index (χ2v) is 7.25. The molecule has 0 radical (unpaired) electrons. The Morgan fingerprint density at radius 1 is 0.931 bits per heavy atom. The van der Waals surface area contributed by atoms with Gasteiger partial charge in [0, 0.05) is 37.9 Å². The van der Waals surface area contributed by atoms with Crippen LogP contribution in [0.1, 0.15) is 5.56 Å². The van der Waals surface area contributed by atoms with E-state index in [0.717, 1.165) is 54.4 Å². The van der Waals surface area contributed by atoms with Crippen molar-refractivity contribution in [3.8, 4) is 11.4 Å². The molecule has 0 aliphatic carbocycles. The molecule has 0 bridgehead atoms. The average molecular weight is 387 g/mol. The Kier molecular flexibility index (Phi) is 4.69. The van der Waals surface area contributed by atoms with Crippen molar-refractivity contribution in [2.75, 3.05) is 31.1 Å². The fraction of sp³-hybridized carbons (Fsp3) is 0.217. The highest BCUT2D eigenvalue weighted by Crippen LogP contribution is 2.31. The molecule has 0 amide bonds. The predicted octanol–water partition coefficient (Wildman–Crippen LogP) is 3.70. The van der Waals surface area contributed by atoms with Gasteiger partial charge in [0.05, 0.1) is 12.2 Å². The number of fused-ring (bicyclic) bond motifs is 1. The monoisotopic (exact) mass is 387 g/mol. The maximum atomic E-state index is 13.5. The van der Waals surface area contributed by atoms with Crippen molar-refractivity contribution in [2.45, 2.75) is 6.54 Å². The molecule has 5 rings (SSSR count). The lowest BCUT2D eigenvalue weighted by atomic mass is 10.2. The molecule has 0 spiro atoms. The van der Waals surface area contributed by atoms with Crippen molar-refractivity contribution < 1.29 is 4.39 Å². The number of piperazine rings is 1. The topological polar surface area (TPSA) is 46.0 Å². The summed E-state index contributed by atoms with van der Waals surface area (Å²) in [4.78, 5) is 12.0. The highest BCUT2D eigenvalue weighted by atomic mass is 19.1. The van der Waals surface area contributed by atoms with E-state index in [9.17, 15) is 4.39 Å². The predicted molar refractivity (Wildman–Crippen MR) is 114 cm³/mol. The summed E-state index contributed by atoms with van der Waals surface area (Å²) in [6.45, 7) is 4.45. The number of nitrogens with zero attached hydrogens (tertiary/aromatic N) is 4. The Labute approximate surface area is 168 Å². The Balaban J connectivity index is 1.68. The molecule has 3 heterocycles. The summed E-state index contributed by atoms with van der Waals surface area (Å²) in [5.41, 5.74) is 4.90. The summed E-state index contributed by atoms with van der Waals surface area (Å²) in [5, 5.41) is 3.39. The van der Waals surface area contributed by atoms with Crippen LogP contribution in [0.3, 0.4) is 0 Å². The van der Waals surface area contributed by atoms with Crippen molar-refractivity contribution in [1.29, 1.82) is 0 Å². The smallest absolute Gasteiger partial charge is 0.162 e. The third kappa shape index (κ3) is 3.47. The maximum absolute atomic E-state index is 13.5. The van der Waals surface area contributed by atoms with E-state index in [1.165, 1.54) is 17.7 Å². The zero-order chi connectivity index (χ0) is 19.6. The molecule has 5 nitrogen and oxygen atoms in total. The Morgan fingerprint density at radius 3 is 2.45 bits per heavy atom. The van der Waals surface area contributed by atoms with Gasteiger partial charge in [0.15, 0.2) is 5.65 Å². The second kappa shape index (κ2) is 7.64. The maximum Gasteiger partial charge on any atom is 0.162 e. The van der Waals surface area contributed by atoms with Gasteiger partial charge in [0.1, 0.15) is 17.2 Å². The van der Waals surface area contributed by atoms with Gasteiger partial charge in [-0.2, -0.15) is 0 Å². The van der Waals surface area contributed by atoms with Crippen LogP contribution in [0.15, 0.2) is 66.9 Å². The standard InChI is InChI=1S/C23H22FN5/c24-19-8-6-18(7-9-19)22-27-21-20(28-14-12-25-13-15-28)10-11-26-23(21)29(22)16-17-4-2-1-3-5-17/h1-11,25H,12-16H2. The average Bonchev–Trinajstić information content (AvgIpc) is 3.14. The van der Waals surface area contributed by atoms with E-state index >= 15 is 0 Å². The molecular formula is C23H22FN5. The van der Waals surface area contributed by atoms with Crippen molar-refractivity contribution in [3.05, 3.63) is 78.2 Å². The number of rotatable bonds is 4. The van der Waals surface area contributed by atoms with E-state index in [1.807, 2.05) is 30.5 Å². The van der Waals surface area contributed by atoms with Crippen molar-refractivity contribution in [3.63, 3.8) is 0 Å². The normalized spacial score (nSPS) is 14.4. The van der Waals surface area contributed by atoms with Gasteiger partial charge in [-0.05, 0) is 35.9 Å². The molecule has 6 heteroatoms. The zero-order valence-corrected chi connectivity index (χ0v) is 16.1. The van der Waals surface area contributed by atoms with Crippen LogP contribution in [0.5, 0.6) is 0 Å². The molecule has 1 fully saturated rings. The highest BCUT2D eigenvalue weighted by Gasteiger charge is 2.20. The van der Waals surface area contributed by atoms with Gasteiger partial charge in [-0.1, -0.05) is 30.3 Å². The quantitative estimate of drug-likeness (QED) is 0.580. The Bertz CT molecular complexity index is 1120. The van der Waals surface area contributed by atoms with Gasteiger partial charge in [0.25, 0.3) is 0 Å². The lowest BCUT2D eigenvalue weighted by molar-refractivity contribution is 0.590. The molecule has 0 atom stereocenters. The number of hydrogen-bond donors (Lipinski definition) is 1. The van der Waals surface area contributed by atoms with E-state index in [2.05, 4.69) is 31.9 Å². The fourth-order valence-corrected chi connectivity index (χ4v) is 3.90. The minimum atomic E-state index is -0.251. The molecule has 0 saturated carbocycles. The summed E-state index contributed by atoms with van der Waals surface area (Å²) in [7, 11) is 0.